The second-order valence-corrected chi connectivity index (χ2v) is 12.9. The van der Waals surface area contributed by atoms with Gasteiger partial charge in [-0.25, -0.2) is 14.8 Å². The molecule has 1 aromatic heterocycles. The van der Waals surface area contributed by atoms with Gasteiger partial charge in [-0.05, 0) is 58.8 Å². The third-order valence-electron chi connectivity index (χ3n) is 10.4. The number of piperidine rings is 2. The lowest BCUT2D eigenvalue weighted by Gasteiger charge is -2.55. The van der Waals surface area contributed by atoms with Crippen molar-refractivity contribution in [1.29, 1.82) is 0 Å². The molecule has 5 heterocycles. The van der Waals surface area contributed by atoms with Crippen LogP contribution >= 0.6 is 0 Å². The number of amides is 2. The SMILES string of the molecule is CCCC[C@@H]1CN(CC2CCOCC2)C(=O)OC12CCN(C1(C)CCN(C(=O)c3c(C)ncnc3C)CC1)CC2. The molecule has 0 radical (unpaired) electrons. The predicted molar refractivity (Wildman–Crippen MR) is 153 cm³/mol. The standard InChI is InChI=1S/C31H49N5O4/c1-5-6-7-26-21-35(20-25-8-18-39-19-9-25)29(38)40-31(26)12-16-36(17-13-31)30(4)10-14-34(15-11-30)28(37)27-23(2)32-22-33-24(27)3/h22,25-26H,5-21H2,1-4H3/t26-/m1/s1. The number of unbranched alkanes of at least 4 members (excludes halogenated alkanes) is 1. The van der Waals surface area contributed by atoms with Crippen molar-refractivity contribution in [2.24, 2.45) is 11.8 Å². The molecule has 9 nitrogen and oxygen atoms in total. The minimum atomic E-state index is -0.343. The van der Waals surface area contributed by atoms with Crippen molar-refractivity contribution in [3.63, 3.8) is 0 Å². The fourth-order valence-corrected chi connectivity index (χ4v) is 7.53. The summed E-state index contributed by atoms with van der Waals surface area (Å²) >= 11 is 0. The van der Waals surface area contributed by atoms with E-state index in [2.05, 4.69) is 28.7 Å². The van der Waals surface area contributed by atoms with Gasteiger partial charge in [-0.2, -0.15) is 0 Å². The molecule has 9 heteroatoms. The van der Waals surface area contributed by atoms with Gasteiger partial charge in [0.1, 0.15) is 11.9 Å². The highest BCUT2D eigenvalue weighted by Crippen LogP contribution is 2.43. The van der Waals surface area contributed by atoms with E-state index in [1.54, 1.807) is 0 Å². The molecule has 4 aliphatic rings. The van der Waals surface area contributed by atoms with Gasteiger partial charge in [-0.1, -0.05) is 19.8 Å². The molecule has 0 aliphatic carbocycles. The highest BCUT2D eigenvalue weighted by Gasteiger charge is 2.51. The van der Waals surface area contributed by atoms with E-state index >= 15 is 0 Å². The first kappa shape index (κ1) is 29.2. The Morgan fingerprint density at radius 1 is 1.02 bits per heavy atom. The summed E-state index contributed by atoms with van der Waals surface area (Å²) in [6.45, 7) is 14.9. The van der Waals surface area contributed by atoms with Crippen molar-refractivity contribution in [2.75, 3.05) is 52.5 Å². The molecule has 0 unspecified atom stereocenters. The monoisotopic (exact) mass is 555 g/mol. The molecule has 5 rings (SSSR count). The Kier molecular flexibility index (Phi) is 9.00. The normalized spacial score (nSPS) is 25.7. The van der Waals surface area contributed by atoms with Crippen LogP contribution in [-0.2, 0) is 9.47 Å². The summed E-state index contributed by atoms with van der Waals surface area (Å²) in [6, 6.07) is 0. The number of carbonyl (C=O) groups excluding carboxylic acids is 2. The van der Waals surface area contributed by atoms with Gasteiger partial charge < -0.3 is 19.3 Å². The van der Waals surface area contributed by atoms with Gasteiger partial charge in [0.2, 0.25) is 0 Å². The van der Waals surface area contributed by atoms with Crippen molar-refractivity contribution in [2.45, 2.75) is 96.6 Å². The van der Waals surface area contributed by atoms with Crippen molar-refractivity contribution >= 4 is 12.0 Å². The van der Waals surface area contributed by atoms with Crippen LogP contribution < -0.4 is 0 Å². The van der Waals surface area contributed by atoms with Crippen molar-refractivity contribution in [3.8, 4) is 0 Å². The Hall–Kier alpha value is -2.26. The van der Waals surface area contributed by atoms with Crippen LogP contribution in [0.5, 0.6) is 0 Å². The second kappa shape index (κ2) is 12.3. The molecule has 0 N–H and O–H groups in total. The third-order valence-corrected chi connectivity index (χ3v) is 10.4. The van der Waals surface area contributed by atoms with Gasteiger partial charge >= 0.3 is 6.09 Å². The quantitative estimate of drug-likeness (QED) is 0.486. The molecule has 1 spiro atoms. The maximum atomic E-state index is 13.3. The Morgan fingerprint density at radius 3 is 2.30 bits per heavy atom. The first-order valence-electron chi connectivity index (χ1n) is 15.6. The van der Waals surface area contributed by atoms with Crippen molar-refractivity contribution in [3.05, 3.63) is 23.3 Å². The van der Waals surface area contributed by atoms with Crippen LogP contribution in [0.2, 0.25) is 0 Å². The summed E-state index contributed by atoms with van der Waals surface area (Å²) in [5.74, 6) is 0.955. The molecule has 4 aliphatic heterocycles. The second-order valence-electron chi connectivity index (χ2n) is 12.9. The molecular weight excluding hydrogens is 506 g/mol. The minimum Gasteiger partial charge on any atom is -0.442 e. The van der Waals surface area contributed by atoms with E-state index in [0.29, 0.717) is 17.4 Å². The van der Waals surface area contributed by atoms with Gasteiger partial charge in [0, 0.05) is 76.8 Å². The zero-order valence-electron chi connectivity index (χ0n) is 25.1. The van der Waals surface area contributed by atoms with Gasteiger partial charge in [0.25, 0.3) is 5.91 Å². The fraction of sp³-hybridized carbons (Fsp3) is 0.806. The number of carbonyl (C=O) groups is 2. The van der Waals surface area contributed by atoms with Crippen LogP contribution in [0.4, 0.5) is 4.79 Å². The smallest absolute Gasteiger partial charge is 0.410 e. The lowest BCUT2D eigenvalue weighted by molar-refractivity contribution is -0.135. The first-order valence-corrected chi connectivity index (χ1v) is 15.6. The number of likely N-dealkylation sites (tertiary alicyclic amines) is 2. The summed E-state index contributed by atoms with van der Waals surface area (Å²) in [6.07, 6.45) is 10.6. The average Bonchev–Trinajstić information content (AvgIpc) is 2.95. The molecule has 222 valence electrons. The molecule has 1 aromatic rings. The van der Waals surface area contributed by atoms with E-state index in [1.165, 1.54) is 12.7 Å². The number of nitrogens with zero attached hydrogens (tertiary/aromatic N) is 5. The number of ether oxygens (including phenoxy) is 2. The number of rotatable bonds is 7. The Balaban J connectivity index is 1.19. The maximum absolute atomic E-state index is 13.3. The van der Waals surface area contributed by atoms with Crippen LogP contribution in [0.25, 0.3) is 0 Å². The third kappa shape index (κ3) is 6.01. The fourth-order valence-electron chi connectivity index (χ4n) is 7.53. The number of aromatic nitrogens is 2. The largest absolute Gasteiger partial charge is 0.442 e. The molecule has 4 fully saturated rings. The van der Waals surface area contributed by atoms with E-state index in [9.17, 15) is 9.59 Å². The maximum Gasteiger partial charge on any atom is 0.410 e. The predicted octanol–water partition coefficient (Wildman–Crippen LogP) is 4.61. The molecule has 0 bridgehead atoms. The van der Waals surface area contributed by atoms with Gasteiger partial charge in [-0.3, -0.25) is 9.69 Å². The molecular formula is C31H49N5O4. The van der Waals surface area contributed by atoms with E-state index in [1.807, 2.05) is 23.6 Å². The Morgan fingerprint density at radius 2 is 1.68 bits per heavy atom. The summed E-state index contributed by atoms with van der Waals surface area (Å²) < 4.78 is 12.0. The van der Waals surface area contributed by atoms with Crippen LogP contribution in [0, 0.1) is 25.7 Å². The zero-order chi connectivity index (χ0) is 28.3. The molecule has 1 atom stereocenters. The van der Waals surface area contributed by atoms with Crippen molar-refractivity contribution < 1.29 is 19.1 Å². The van der Waals surface area contributed by atoms with E-state index in [-0.39, 0.29) is 23.1 Å². The zero-order valence-corrected chi connectivity index (χ0v) is 25.1. The summed E-state index contributed by atoms with van der Waals surface area (Å²) in [4.78, 5) is 41.7. The van der Waals surface area contributed by atoms with Crippen molar-refractivity contribution in [1.82, 2.24) is 24.7 Å². The van der Waals surface area contributed by atoms with E-state index in [0.717, 1.165) is 115 Å². The van der Waals surface area contributed by atoms with Crippen LogP contribution in [0.3, 0.4) is 0 Å². The number of hydrogen-bond acceptors (Lipinski definition) is 7. The highest BCUT2D eigenvalue weighted by molar-refractivity contribution is 5.96. The summed E-state index contributed by atoms with van der Waals surface area (Å²) in [5.41, 5.74) is 1.84. The molecule has 2 amide bonds. The highest BCUT2D eigenvalue weighted by atomic mass is 16.6. The lowest BCUT2D eigenvalue weighted by Crippen LogP contribution is -2.64. The van der Waals surface area contributed by atoms with Crippen LogP contribution in [-0.4, -0.2) is 100 Å². The van der Waals surface area contributed by atoms with Crippen LogP contribution in [0.15, 0.2) is 6.33 Å². The van der Waals surface area contributed by atoms with Gasteiger partial charge in [0.05, 0.1) is 17.0 Å². The molecule has 0 aromatic carbocycles. The van der Waals surface area contributed by atoms with Gasteiger partial charge in [0.15, 0.2) is 0 Å². The number of hydrogen-bond donors (Lipinski definition) is 0. The first-order chi connectivity index (χ1) is 19.2. The summed E-state index contributed by atoms with van der Waals surface area (Å²) in [5, 5.41) is 0. The van der Waals surface area contributed by atoms with E-state index in [4.69, 9.17) is 9.47 Å². The van der Waals surface area contributed by atoms with E-state index < -0.39 is 0 Å². The molecule has 4 saturated heterocycles. The lowest BCUT2D eigenvalue weighted by atomic mass is 9.74. The van der Waals surface area contributed by atoms with Gasteiger partial charge in [-0.15, -0.1) is 0 Å². The Labute approximate surface area is 240 Å². The summed E-state index contributed by atoms with van der Waals surface area (Å²) in [7, 11) is 0. The molecule has 40 heavy (non-hydrogen) atoms. The Bertz CT molecular complexity index is 1020. The minimum absolute atomic E-state index is 0.0440. The average molecular weight is 556 g/mol. The van der Waals surface area contributed by atoms with Crippen LogP contribution in [0.1, 0.15) is 93.4 Å². The molecule has 0 saturated carbocycles. The topological polar surface area (TPSA) is 88.1 Å². The number of aryl methyl sites for hydroxylation is 2.